The van der Waals surface area contributed by atoms with Crippen molar-refractivity contribution in [2.75, 3.05) is 19.7 Å². The SMILES string of the molecule is CCCCOC(=O)CC1C(=O)NCCN1C(=S)NC(=O)c1cccc(I)c1. The van der Waals surface area contributed by atoms with Gasteiger partial charge in [-0.25, -0.2) is 0 Å². The number of esters is 1. The summed E-state index contributed by atoms with van der Waals surface area (Å²) in [4.78, 5) is 38.2. The number of nitrogens with zero attached hydrogens (tertiary/aromatic N) is 1. The maximum absolute atomic E-state index is 12.4. The number of thiocarbonyl (C=S) groups is 1. The molecule has 1 saturated heterocycles. The third-order valence-electron chi connectivity index (χ3n) is 4.02. The molecule has 1 fully saturated rings. The van der Waals surface area contributed by atoms with Crippen molar-refractivity contribution in [3.63, 3.8) is 0 Å². The van der Waals surface area contributed by atoms with E-state index < -0.39 is 12.0 Å². The molecule has 9 heteroatoms. The van der Waals surface area contributed by atoms with Gasteiger partial charge in [0.25, 0.3) is 5.91 Å². The molecular weight excluding hydrogens is 481 g/mol. The van der Waals surface area contributed by atoms with Crippen molar-refractivity contribution in [1.82, 2.24) is 15.5 Å². The number of hydrogen-bond acceptors (Lipinski definition) is 5. The topological polar surface area (TPSA) is 87.7 Å². The second-order valence-electron chi connectivity index (χ2n) is 6.05. The lowest BCUT2D eigenvalue weighted by Gasteiger charge is -2.36. The van der Waals surface area contributed by atoms with Crippen molar-refractivity contribution in [2.24, 2.45) is 0 Å². The maximum atomic E-state index is 12.4. The number of piperazine rings is 1. The molecule has 0 aliphatic carbocycles. The minimum absolute atomic E-state index is 0.116. The van der Waals surface area contributed by atoms with Crippen molar-refractivity contribution in [3.05, 3.63) is 33.4 Å². The van der Waals surface area contributed by atoms with Crippen LogP contribution in [0.25, 0.3) is 0 Å². The first-order chi connectivity index (χ1) is 12.9. The van der Waals surface area contributed by atoms with Crippen LogP contribution in [0.5, 0.6) is 0 Å². The molecule has 1 aromatic carbocycles. The minimum Gasteiger partial charge on any atom is -0.466 e. The molecular formula is C18H22IN3O4S. The van der Waals surface area contributed by atoms with Gasteiger partial charge in [0, 0.05) is 22.2 Å². The van der Waals surface area contributed by atoms with Gasteiger partial charge in [0.2, 0.25) is 5.91 Å². The summed E-state index contributed by atoms with van der Waals surface area (Å²) < 4.78 is 6.08. The highest BCUT2D eigenvalue weighted by Gasteiger charge is 2.34. The molecule has 0 radical (unpaired) electrons. The fraction of sp³-hybridized carbons (Fsp3) is 0.444. The monoisotopic (exact) mass is 503 g/mol. The Morgan fingerprint density at radius 3 is 2.93 bits per heavy atom. The number of hydrogen-bond donors (Lipinski definition) is 2. The summed E-state index contributed by atoms with van der Waals surface area (Å²) in [5, 5.41) is 5.50. The first-order valence-corrected chi connectivity index (χ1v) is 10.2. The second-order valence-corrected chi connectivity index (χ2v) is 7.68. The predicted molar refractivity (Wildman–Crippen MR) is 113 cm³/mol. The minimum atomic E-state index is -0.795. The summed E-state index contributed by atoms with van der Waals surface area (Å²) in [7, 11) is 0. The maximum Gasteiger partial charge on any atom is 0.308 e. The van der Waals surface area contributed by atoms with E-state index in [4.69, 9.17) is 17.0 Å². The zero-order valence-corrected chi connectivity index (χ0v) is 18.0. The van der Waals surface area contributed by atoms with Crippen LogP contribution in [0.4, 0.5) is 0 Å². The van der Waals surface area contributed by atoms with Crippen LogP contribution >= 0.6 is 34.8 Å². The van der Waals surface area contributed by atoms with Crippen LogP contribution in [0.2, 0.25) is 0 Å². The van der Waals surface area contributed by atoms with E-state index in [0.29, 0.717) is 25.3 Å². The van der Waals surface area contributed by atoms with Crippen LogP contribution in [0.1, 0.15) is 36.5 Å². The number of halogens is 1. The Hall–Kier alpha value is -1.75. The molecule has 146 valence electrons. The molecule has 2 rings (SSSR count). The van der Waals surface area contributed by atoms with Crippen molar-refractivity contribution in [3.8, 4) is 0 Å². The summed E-state index contributed by atoms with van der Waals surface area (Å²) in [6.45, 7) is 3.13. The fourth-order valence-electron chi connectivity index (χ4n) is 2.58. The normalized spacial score (nSPS) is 16.4. The van der Waals surface area contributed by atoms with Gasteiger partial charge in [-0.1, -0.05) is 19.4 Å². The van der Waals surface area contributed by atoms with E-state index in [9.17, 15) is 14.4 Å². The highest BCUT2D eigenvalue weighted by molar-refractivity contribution is 14.1. The van der Waals surface area contributed by atoms with Gasteiger partial charge >= 0.3 is 5.97 Å². The third-order valence-corrected chi connectivity index (χ3v) is 5.03. The number of unbranched alkanes of at least 4 members (excludes halogenated alkanes) is 1. The zero-order valence-electron chi connectivity index (χ0n) is 15.0. The van der Waals surface area contributed by atoms with E-state index in [1.165, 1.54) is 0 Å². The van der Waals surface area contributed by atoms with Crippen LogP contribution < -0.4 is 10.6 Å². The van der Waals surface area contributed by atoms with E-state index in [0.717, 1.165) is 16.4 Å². The Morgan fingerprint density at radius 2 is 2.22 bits per heavy atom. The van der Waals surface area contributed by atoms with Gasteiger partial charge in [0.15, 0.2) is 5.11 Å². The summed E-state index contributed by atoms with van der Waals surface area (Å²) in [5.74, 6) is -1.12. The van der Waals surface area contributed by atoms with Gasteiger partial charge in [-0.2, -0.15) is 0 Å². The van der Waals surface area contributed by atoms with Crippen LogP contribution in [-0.4, -0.2) is 53.5 Å². The number of ether oxygens (including phenoxy) is 1. The number of rotatable bonds is 6. The van der Waals surface area contributed by atoms with Gasteiger partial charge in [-0.3, -0.25) is 19.7 Å². The summed E-state index contributed by atoms with van der Waals surface area (Å²) in [5.41, 5.74) is 0.473. The summed E-state index contributed by atoms with van der Waals surface area (Å²) in [6, 6.07) is 6.29. The molecule has 0 aromatic heterocycles. The lowest BCUT2D eigenvalue weighted by molar-refractivity contribution is -0.147. The van der Waals surface area contributed by atoms with Gasteiger partial charge in [-0.15, -0.1) is 0 Å². The lowest BCUT2D eigenvalue weighted by atomic mass is 10.1. The molecule has 1 heterocycles. The molecule has 0 spiro atoms. The number of amides is 2. The van der Waals surface area contributed by atoms with Crippen molar-refractivity contribution < 1.29 is 19.1 Å². The van der Waals surface area contributed by atoms with E-state index in [1.807, 2.05) is 13.0 Å². The Kier molecular flexibility index (Phi) is 8.42. The molecule has 0 saturated carbocycles. The Morgan fingerprint density at radius 1 is 1.44 bits per heavy atom. The van der Waals surface area contributed by atoms with Crippen molar-refractivity contribution >= 4 is 57.7 Å². The van der Waals surface area contributed by atoms with Gasteiger partial charge < -0.3 is 15.0 Å². The van der Waals surface area contributed by atoms with E-state index in [-0.39, 0.29) is 23.3 Å². The predicted octanol–water partition coefficient (Wildman–Crippen LogP) is 1.84. The molecule has 2 N–H and O–H groups in total. The molecule has 27 heavy (non-hydrogen) atoms. The van der Waals surface area contributed by atoms with Crippen molar-refractivity contribution in [1.29, 1.82) is 0 Å². The van der Waals surface area contributed by atoms with Gasteiger partial charge in [0.05, 0.1) is 13.0 Å². The molecule has 1 aromatic rings. The third kappa shape index (κ3) is 6.42. The second kappa shape index (κ2) is 10.5. The molecule has 1 aliphatic heterocycles. The molecule has 1 unspecified atom stereocenters. The van der Waals surface area contributed by atoms with E-state index in [2.05, 4.69) is 33.2 Å². The Balaban J connectivity index is 2.01. The Bertz CT molecular complexity index is 728. The highest BCUT2D eigenvalue weighted by atomic mass is 127. The van der Waals surface area contributed by atoms with Crippen LogP contribution in [0, 0.1) is 3.57 Å². The van der Waals surface area contributed by atoms with E-state index >= 15 is 0 Å². The molecule has 2 amide bonds. The molecule has 7 nitrogen and oxygen atoms in total. The number of nitrogens with one attached hydrogen (secondary N) is 2. The standard InChI is InChI=1S/C18H22IN3O4S/c1-2-3-9-26-15(23)11-14-17(25)20-7-8-22(14)18(27)21-16(24)12-5-4-6-13(19)10-12/h4-6,10,14H,2-3,7-9,11H2,1H3,(H,20,25)(H,21,24,27). The van der Waals surface area contributed by atoms with Crippen LogP contribution in [0.15, 0.2) is 24.3 Å². The zero-order chi connectivity index (χ0) is 19.8. The first kappa shape index (κ1) is 21.5. The van der Waals surface area contributed by atoms with E-state index in [1.54, 1.807) is 23.1 Å². The van der Waals surface area contributed by atoms with Gasteiger partial charge in [-0.05, 0) is 59.4 Å². The number of benzene rings is 1. The smallest absolute Gasteiger partial charge is 0.308 e. The fourth-order valence-corrected chi connectivity index (χ4v) is 3.43. The van der Waals surface area contributed by atoms with Crippen molar-refractivity contribution in [2.45, 2.75) is 32.2 Å². The first-order valence-electron chi connectivity index (χ1n) is 8.73. The summed E-state index contributed by atoms with van der Waals surface area (Å²) in [6.07, 6.45) is 1.57. The quantitative estimate of drug-likeness (QED) is 0.267. The van der Waals surface area contributed by atoms with Crippen LogP contribution in [0.3, 0.4) is 0 Å². The highest BCUT2D eigenvalue weighted by Crippen LogP contribution is 2.12. The molecule has 0 bridgehead atoms. The lowest BCUT2D eigenvalue weighted by Crippen LogP contribution is -2.60. The number of carbonyl (C=O) groups excluding carboxylic acids is 3. The summed E-state index contributed by atoms with van der Waals surface area (Å²) >= 11 is 7.45. The van der Waals surface area contributed by atoms with Gasteiger partial charge in [0.1, 0.15) is 6.04 Å². The number of carbonyl (C=O) groups is 3. The average molecular weight is 503 g/mol. The largest absolute Gasteiger partial charge is 0.466 e. The average Bonchev–Trinajstić information content (AvgIpc) is 2.63. The molecule has 1 aliphatic rings. The Labute approximate surface area is 177 Å². The van der Waals surface area contributed by atoms with Crippen LogP contribution in [-0.2, 0) is 14.3 Å². The molecule has 1 atom stereocenters.